The summed E-state index contributed by atoms with van der Waals surface area (Å²) >= 11 is 7.14. The maximum Gasteiger partial charge on any atom is 0.359 e. The van der Waals surface area contributed by atoms with E-state index in [1.165, 1.54) is 25.1 Å². The van der Waals surface area contributed by atoms with Gasteiger partial charge in [0.1, 0.15) is 5.75 Å². The predicted octanol–water partition coefficient (Wildman–Crippen LogP) is 2.66. The number of rotatable bonds is 6. The highest BCUT2D eigenvalue weighted by Crippen LogP contribution is 2.23. The maximum absolute atomic E-state index is 12.0. The Morgan fingerprint density at radius 1 is 1.33 bits per heavy atom. The normalized spacial score (nSPS) is 10.1. The molecule has 2 rings (SSSR count). The fourth-order valence-corrected chi connectivity index (χ4v) is 2.23. The molecule has 1 aromatic heterocycles. The molecule has 7 nitrogen and oxygen atoms in total. The summed E-state index contributed by atoms with van der Waals surface area (Å²) in [6.45, 7) is -0.480. The fourth-order valence-electron chi connectivity index (χ4n) is 1.73. The number of amides is 1. The minimum absolute atomic E-state index is 0.0583. The SMILES string of the molecule is COc1ccccc1NC(=O)COC(=O)c1nc(SC)ncc1Cl. The Labute approximate surface area is 147 Å². The number of halogens is 1. The van der Waals surface area contributed by atoms with Crippen molar-refractivity contribution < 1.29 is 19.1 Å². The van der Waals surface area contributed by atoms with Crippen LogP contribution in [0.4, 0.5) is 5.69 Å². The lowest BCUT2D eigenvalue weighted by atomic mass is 10.3. The minimum atomic E-state index is -0.798. The van der Waals surface area contributed by atoms with Crippen molar-refractivity contribution in [3.63, 3.8) is 0 Å². The molecule has 0 aliphatic carbocycles. The van der Waals surface area contributed by atoms with Gasteiger partial charge in [-0.3, -0.25) is 4.79 Å². The molecule has 0 atom stereocenters. The zero-order chi connectivity index (χ0) is 17.5. The second-order valence-electron chi connectivity index (χ2n) is 4.38. The van der Waals surface area contributed by atoms with E-state index in [0.29, 0.717) is 16.6 Å². The van der Waals surface area contributed by atoms with E-state index in [1.54, 1.807) is 30.5 Å². The lowest BCUT2D eigenvalue weighted by Gasteiger charge is -2.10. The Morgan fingerprint density at radius 2 is 2.08 bits per heavy atom. The van der Waals surface area contributed by atoms with E-state index in [4.69, 9.17) is 21.1 Å². The first-order valence-corrected chi connectivity index (χ1v) is 8.32. The van der Waals surface area contributed by atoms with Crippen LogP contribution in [0.25, 0.3) is 0 Å². The third-order valence-electron chi connectivity index (χ3n) is 2.81. The highest BCUT2D eigenvalue weighted by Gasteiger charge is 2.17. The number of anilines is 1. The van der Waals surface area contributed by atoms with Gasteiger partial charge in [-0.05, 0) is 18.4 Å². The lowest BCUT2D eigenvalue weighted by molar-refractivity contribution is -0.119. The molecule has 0 bridgehead atoms. The van der Waals surface area contributed by atoms with Crippen molar-refractivity contribution >= 4 is 40.9 Å². The molecule has 0 saturated carbocycles. The zero-order valence-electron chi connectivity index (χ0n) is 12.9. The van der Waals surface area contributed by atoms with Gasteiger partial charge < -0.3 is 14.8 Å². The van der Waals surface area contributed by atoms with Crippen LogP contribution in [0.5, 0.6) is 5.75 Å². The summed E-state index contributed by atoms with van der Waals surface area (Å²) < 4.78 is 10.1. The number of ether oxygens (including phenoxy) is 2. The molecule has 0 fully saturated rings. The van der Waals surface area contributed by atoms with Crippen molar-refractivity contribution in [3.05, 3.63) is 41.2 Å². The summed E-state index contributed by atoms with van der Waals surface area (Å²) in [7, 11) is 1.49. The second-order valence-corrected chi connectivity index (χ2v) is 5.56. The first kappa shape index (κ1) is 18.0. The number of aromatic nitrogens is 2. The molecular weight excluding hydrogens is 354 g/mol. The van der Waals surface area contributed by atoms with Crippen molar-refractivity contribution in [3.8, 4) is 5.75 Å². The molecule has 0 aliphatic heterocycles. The number of nitrogens with one attached hydrogen (secondary N) is 1. The number of esters is 1. The van der Waals surface area contributed by atoms with Crippen LogP contribution in [0.15, 0.2) is 35.6 Å². The van der Waals surface area contributed by atoms with E-state index in [2.05, 4.69) is 15.3 Å². The Morgan fingerprint density at radius 3 is 2.79 bits per heavy atom. The monoisotopic (exact) mass is 367 g/mol. The summed E-state index contributed by atoms with van der Waals surface area (Å²) in [6.07, 6.45) is 3.07. The quantitative estimate of drug-likeness (QED) is 0.476. The topological polar surface area (TPSA) is 90.4 Å². The third kappa shape index (κ3) is 4.59. The van der Waals surface area contributed by atoms with Crippen molar-refractivity contribution in [2.24, 2.45) is 0 Å². The molecule has 126 valence electrons. The second kappa shape index (κ2) is 8.51. The molecule has 0 aliphatic rings. The summed E-state index contributed by atoms with van der Waals surface area (Å²) in [5.41, 5.74) is 0.395. The molecule has 0 saturated heterocycles. The highest BCUT2D eigenvalue weighted by molar-refractivity contribution is 7.98. The Bertz CT molecular complexity index is 757. The van der Waals surface area contributed by atoms with E-state index >= 15 is 0 Å². The van der Waals surface area contributed by atoms with Crippen LogP contribution in [0.1, 0.15) is 10.5 Å². The minimum Gasteiger partial charge on any atom is -0.495 e. The van der Waals surface area contributed by atoms with E-state index in [0.717, 1.165) is 0 Å². The number of thioether (sulfide) groups is 1. The van der Waals surface area contributed by atoms with Crippen LogP contribution in [0.2, 0.25) is 5.02 Å². The van der Waals surface area contributed by atoms with Gasteiger partial charge in [-0.25, -0.2) is 14.8 Å². The van der Waals surface area contributed by atoms with Crippen molar-refractivity contribution in [1.29, 1.82) is 0 Å². The van der Waals surface area contributed by atoms with Crippen molar-refractivity contribution in [2.75, 3.05) is 25.3 Å². The van der Waals surface area contributed by atoms with Gasteiger partial charge in [0.25, 0.3) is 5.91 Å². The molecule has 1 amide bonds. The van der Waals surface area contributed by atoms with Crippen LogP contribution < -0.4 is 10.1 Å². The largest absolute Gasteiger partial charge is 0.495 e. The van der Waals surface area contributed by atoms with E-state index in [9.17, 15) is 9.59 Å². The molecule has 2 aromatic rings. The molecule has 0 spiro atoms. The molecule has 0 radical (unpaired) electrons. The van der Waals surface area contributed by atoms with Crippen LogP contribution in [-0.4, -0.2) is 41.8 Å². The van der Waals surface area contributed by atoms with Gasteiger partial charge in [-0.15, -0.1) is 0 Å². The summed E-state index contributed by atoms with van der Waals surface area (Å²) in [6, 6.07) is 6.89. The molecule has 1 N–H and O–H groups in total. The van der Waals surface area contributed by atoms with Gasteiger partial charge in [0, 0.05) is 0 Å². The Balaban J connectivity index is 1.97. The number of para-hydroxylation sites is 2. The van der Waals surface area contributed by atoms with Gasteiger partial charge in [0.15, 0.2) is 17.5 Å². The summed E-state index contributed by atoms with van der Waals surface area (Å²) in [5, 5.41) is 3.03. The molecule has 24 heavy (non-hydrogen) atoms. The lowest BCUT2D eigenvalue weighted by Crippen LogP contribution is -2.22. The summed E-state index contributed by atoms with van der Waals surface area (Å²) in [4.78, 5) is 31.8. The number of hydrogen-bond acceptors (Lipinski definition) is 7. The Hall–Kier alpha value is -2.32. The van der Waals surface area contributed by atoms with Crippen molar-refractivity contribution in [1.82, 2.24) is 9.97 Å². The fraction of sp³-hybridized carbons (Fsp3) is 0.200. The predicted molar refractivity (Wildman–Crippen MR) is 90.7 cm³/mol. The van der Waals surface area contributed by atoms with Crippen LogP contribution in [0, 0.1) is 0 Å². The first-order valence-electron chi connectivity index (χ1n) is 6.71. The number of methoxy groups -OCH3 is 1. The first-order chi connectivity index (χ1) is 11.5. The average molecular weight is 368 g/mol. The van der Waals surface area contributed by atoms with Crippen LogP contribution in [0.3, 0.4) is 0 Å². The molecule has 1 aromatic carbocycles. The number of benzene rings is 1. The van der Waals surface area contributed by atoms with Gasteiger partial charge in [-0.2, -0.15) is 0 Å². The molecule has 9 heteroatoms. The van der Waals surface area contributed by atoms with Crippen LogP contribution in [-0.2, 0) is 9.53 Å². The van der Waals surface area contributed by atoms with Gasteiger partial charge in [0.2, 0.25) is 0 Å². The molecule has 1 heterocycles. The van der Waals surface area contributed by atoms with Crippen LogP contribution >= 0.6 is 23.4 Å². The van der Waals surface area contributed by atoms with E-state index in [-0.39, 0.29) is 10.7 Å². The average Bonchev–Trinajstić information content (AvgIpc) is 2.60. The van der Waals surface area contributed by atoms with Gasteiger partial charge in [-0.1, -0.05) is 35.5 Å². The van der Waals surface area contributed by atoms with E-state index < -0.39 is 18.5 Å². The molecule has 0 unspecified atom stereocenters. The Kier molecular flexibility index (Phi) is 6.39. The smallest absolute Gasteiger partial charge is 0.359 e. The van der Waals surface area contributed by atoms with Crippen molar-refractivity contribution in [2.45, 2.75) is 5.16 Å². The summed E-state index contributed by atoms with van der Waals surface area (Å²) in [5.74, 6) is -0.809. The maximum atomic E-state index is 12.0. The zero-order valence-corrected chi connectivity index (χ0v) is 14.5. The van der Waals surface area contributed by atoms with E-state index in [1.807, 2.05) is 0 Å². The number of carbonyl (C=O) groups is 2. The van der Waals surface area contributed by atoms with Gasteiger partial charge in [0.05, 0.1) is 24.0 Å². The number of carbonyl (C=O) groups excluding carboxylic acids is 2. The number of nitrogens with zero attached hydrogens (tertiary/aromatic N) is 2. The number of hydrogen-bond donors (Lipinski definition) is 1. The third-order valence-corrected chi connectivity index (χ3v) is 3.65. The highest BCUT2D eigenvalue weighted by atomic mass is 35.5. The van der Waals surface area contributed by atoms with Gasteiger partial charge >= 0.3 is 5.97 Å². The molecular formula is C15H14ClN3O4S. The standard InChI is InChI=1S/C15H14ClN3O4S/c1-22-11-6-4-3-5-10(11)18-12(20)8-23-14(21)13-9(16)7-17-15(19-13)24-2/h3-7H,8H2,1-2H3,(H,18,20).